The van der Waals surface area contributed by atoms with Gasteiger partial charge in [0.2, 0.25) is 0 Å². The zero-order chi connectivity index (χ0) is 15.4. The van der Waals surface area contributed by atoms with Crippen LogP contribution in [0.25, 0.3) is 0 Å². The number of urea groups is 1. The number of carboxylic acids is 1. The second kappa shape index (κ2) is 6.55. The lowest BCUT2D eigenvalue weighted by molar-refractivity contribution is -0.137. The maximum atomic E-state index is 12.2. The van der Waals surface area contributed by atoms with Gasteiger partial charge < -0.3 is 15.3 Å². The molecule has 1 aliphatic rings. The minimum absolute atomic E-state index is 0.0982. The summed E-state index contributed by atoms with van der Waals surface area (Å²) >= 11 is 0. The van der Waals surface area contributed by atoms with Crippen LogP contribution in [0.2, 0.25) is 0 Å². The molecule has 2 N–H and O–H groups in total. The minimum atomic E-state index is -0.979. The van der Waals surface area contributed by atoms with Gasteiger partial charge in [-0.1, -0.05) is 19.1 Å². The molecule has 1 heterocycles. The molecule has 0 spiro atoms. The van der Waals surface area contributed by atoms with Gasteiger partial charge in [-0.05, 0) is 18.8 Å². The molecule has 0 bridgehead atoms. The molecule has 8 nitrogen and oxygen atoms in total. The first-order chi connectivity index (χ1) is 9.95. The number of aromatic nitrogens is 3. The van der Waals surface area contributed by atoms with E-state index in [9.17, 15) is 9.59 Å². The van der Waals surface area contributed by atoms with E-state index >= 15 is 0 Å². The average molecular weight is 295 g/mol. The Bertz CT molecular complexity index is 510. The quantitative estimate of drug-likeness (QED) is 0.771. The van der Waals surface area contributed by atoms with Crippen molar-refractivity contribution in [2.75, 3.05) is 6.54 Å². The highest BCUT2D eigenvalue weighted by Gasteiger charge is 2.32. The summed E-state index contributed by atoms with van der Waals surface area (Å²) in [5, 5.41) is 19.0. The summed E-state index contributed by atoms with van der Waals surface area (Å²) in [6.45, 7) is 4.92. The van der Waals surface area contributed by atoms with Crippen molar-refractivity contribution in [3.8, 4) is 0 Å². The number of nitrogens with zero attached hydrogens (tertiary/aromatic N) is 4. The third-order valence-corrected chi connectivity index (χ3v) is 3.11. The Morgan fingerprint density at radius 1 is 1.52 bits per heavy atom. The van der Waals surface area contributed by atoms with Gasteiger partial charge in [0, 0.05) is 12.6 Å². The lowest BCUT2D eigenvalue weighted by atomic mass is 10.2. The van der Waals surface area contributed by atoms with Gasteiger partial charge in [-0.3, -0.25) is 4.79 Å². The smallest absolute Gasteiger partial charge is 0.325 e. The molecule has 1 saturated carbocycles. The van der Waals surface area contributed by atoms with Gasteiger partial charge in [-0.2, -0.15) is 0 Å². The first-order valence-corrected chi connectivity index (χ1v) is 7.11. The highest BCUT2D eigenvalue weighted by atomic mass is 16.4. The van der Waals surface area contributed by atoms with Gasteiger partial charge in [0.05, 0.1) is 12.7 Å². The minimum Gasteiger partial charge on any atom is -0.480 e. The molecular formula is C13H21N5O3. The zero-order valence-electron chi connectivity index (χ0n) is 12.3. The Morgan fingerprint density at radius 2 is 2.24 bits per heavy atom. The molecule has 1 aliphatic carbocycles. The Kier molecular flexibility index (Phi) is 4.77. The monoisotopic (exact) mass is 295 g/mol. The second-order valence-corrected chi connectivity index (χ2v) is 5.74. The molecule has 0 aromatic carbocycles. The maximum absolute atomic E-state index is 12.2. The van der Waals surface area contributed by atoms with Crippen molar-refractivity contribution < 1.29 is 14.7 Å². The van der Waals surface area contributed by atoms with E-state index in [1.165, 1.54) is 10.9 Å². The number of hydrogen-bond acceptors (Lipinski definition) is 4. The highest BCUT2D eigenvalue weighted by Crippen LogP contribution is 2.27. The molecule has 1 aromatic heterocycles. The Labute approximate surface area is 123 Å². The number of aliphatic carboxylic acids is 1. The van der Waals surface area contributed by atoms with Crippen LogP contribution >= 0.6 is 0 Å². The van der Waals surface area contributed by atoms with Gasteiger partial charge in [-0.15, -0.1) is 5.10 Å². The maximum Gasteiger partial charge on any atom is 0.325 e. The molecule has 0 unspecified atom stereocenters. The average Bonchev–Trinajstić information content (AvgIpc) is 3.14. The Morgan fingerprint density at radius 3 is 2.81 bits per heavy atom. The van der Waals surface area contributed by atoms with Gasteiger partial charge in [-0.25, -0.2) is 9.48 Å². The molecule has 0 radical (unpaired) electrons. The van der Waals surface area contributed by atoms with E-state index in [0.717, 1.165) is 19.4 Å². The number of carbonyl (C=O) groups excluding carboxylic acids is 1. The number of carboxylic acid groups (broad SMARTS) is 1. The predicted molar refractivity (Wildman–Crippen MR) is 74.5 cm³/mol. The van der Waals surface area contributed by atoms with E-state index in [0.29, 0.717) is 17.7 Å². The van der Waals surface area contributed by atoms with Crippen molar-refractivity contribution >= 4 is 12.0 Å². The zero-order valence-corrected chi connectivity index (χ0v) is 12.3. The van der Waals surface area contributed by atoms with Crippen LogP contribution in [-0.2, 0) is 17.9 Å². The van der Waals surface area contributed by atoms with Crippen LogP contribution in [0, 0.1) is 5.92 Å². The van der Waals surface area contributed by atoms with Crippen LogP contribution in [0.5, 0.6) is 0 Å². The van der Waals surface area contributed by atoms with Crippen molar-refractivity contribution in [3.05, 3.63) is 11.9 Å². The first-order valence-electron chi connectivity index (χ1n) is 7.11. The van der Waals surface area contributed by atoms with Crippen molar-refractivity contribution in [1.29, 1.82) is 0 Å². The molecule has 1 fully saturated rings. The summed E-state index contributed by atoms with van der Waals surface area (Å²) < 4.78 is 1.23. The van der Waals surface area contributed by atoms with Gasteiger partial charge in [0.25, 0.3) is 0 Å². The summed E-state index contributed by atoms with van der Waals surface area (Å²) in [4.78, 5) is 24.6. The van der Waals surface area contributed by atoms with E-state index in [-0.39, 0.29) is 19.1 Å². The number of amides is 2. The number of nitrogens with one attached hydrogen (secondary N) is 1. The highest BCUT2D eigenvalue weighted by molar-refractivity contribution is 5.74. The topological polar surface area (TPSA) is 100 Å². The molecule has 0 atom stereocenters. The van der Waals surface area contributed by atoms with E-state index in [4.69, 9.17) is 5.11 Å². The van der Waals surface area contributed by atoms with Gasteiger partial charge in [0.15, 0.2) is 0 Å². The fourth-order valence-corrected chi connectivity index (χ4v) is 2.08. The third-order valence-electron chi connectivity index (χ3n) is 3.11. The molecule has 0 aliphatic heterocycles. The molecule has 2 amide bonds. The normalized spacial score (nSPS) is 14.2. The van der Waals surface area contributed by atoms with E-state index in [2.05, 4.69) is 29.5 Å². The van der Waals surface area contributed by atoms with Crippen LogP contribution in [0.15, 0.2) is 6.20 Å². The second-order valence-electron chi connectivity index (χ2n) is 5.74. The third kappa shape index (κ3) is 4.73. The van der Waals surface area contributed by atoms with Crippen molar-refractivity contribution in [2.24, 2.45) is 5.92 Å². The largest absolute Gasteiger partial charge is 0.480 e. The SMILES string of the molecule is CC(C)CN(C(=O)NCc1cn(CC(=O)O)nn1)C1CC1. The molecule has 2 rings (SSSR count). The summed E-state index contributed by atoms with van der Waals surface area (Å²) in [5.74, 6) is -0.555. The fraction of sp³-hybridized carbons (Fsp3) is 0.692. The lowest BCUT2D eigenvalue weighted by Gasteiger charge is -2.24. The molecule has 1 aromatic rings. The van der Waals surface area contributed by atoms with E-state index < -0.39 is 5.97 Å². The predicted octanol–water partition coefficient (Wildman–Crippen LogP) is 0.693. The lowest BCUT2D eigenvalue weighted by Crippen LogP contribution is -2.43. The molecule has 8 heteroatoms. The fourth-order valence-electron chi connectivity index (χ4n) is 2.08. The molecule has 21 heavy (non-hydrogen) atoms. The summed E-state index contributed by atoms with van der Waals surface area (Å²) in [5.41, 5.74) is 0.546. The molecule has 116 valence electrons. The van der Waals surface area contributed by atoms with Crippen LogP contribution in [0.4, 0.5) is 4.79 Å². The number of hydrogen-bond donors (Lipinski definition) is 2. The molecule has 0 saturated heterocycles. The van der Waals surface area contributed by atoms with Crippen LogP contribution in [0.3, 0.4) is 0 Å². The van der Waals surface area contributed by atoms with E-state index in [1.54, 1.807) is 0 Å². The van der Waals surface area contributed by atoms with Crippen LogP contribution in [-0.4, -0.2) is 49.6 Å². The Hall–Kier alpha value is -2.12. The first kappa shape index (κ1) is 15.3. The number of carbonyl (C=O) groups is 2. The summed E-state index contributed by atoms with van der Waals surface area (Å²) in [6.07, 6.45) is 3.65. The van der Waals surface area contributed by atoms with Gasteiger partial charge in [0.1, 0.15) is 12.2 Å². The number of rotatable bonds is 7. The van der Waals surface area contributed by atoms with Crippen molar-refractivity contribution in [1.82, 2.24) is 25.2 Å². The van der Waals surface area contributed by atoms with Crippen LogP contribution < -0.4 is 5.32 Å². The summed E-state index contributed by atoms with van der Waals surface area (Å²) in [7, 11) is 0. The molecular weight excluding hydrogens is 274 g/mol. The van der Waals surface area contributed by atoms with Crippen molar-refractivity contribution in [3.63, 3.8) is 0 Å². The van der Waals surface area contributed by atoms with Gasteiger partial charge >= 0.3 is 12.0 Å². The Balaban J connectivity index is 1.84. The summed E-state index contributed by atoms with van der Waals surface area (Å²) in [6, 6.07) is 0.258. The standard InChI is InChI=1S/C13H21N5O3/c1-9(2)6-18(11-3-4-11)13(21)14-5-10-7-17(16-15-10)8-12(19)20/h7,9,11H,3-6,8H2,1-2H3,(H,14,21)(H,19,20). The van der Waals surface area contributed by atoms with Crippen LogP contribution in [0.1, 0.15) is 32.4 Å². The van der Waals surface area contributed by atoms with E-state index in [1.807, 2.05) is 4.90 Å². The van der Waals surface area contributed by atoms with Crippen molar-refractivity contribution in [2.45, 2.75) is 45.8 Å².